The summed E-state index contributed by atoms with van der Waals surface area (Å²) in [4.78, 5) is 0. The first-order valence-electron chi connectivity index (χ1n) is 17.5. The van der Waals surface area contributed by atoms with Crippen molar-refractivity contribution in [2.45, 2.75) is 132 Å². The van der Waals surface area contributed by atoms with E-state index in [2.05, 4.69) is 28.1 Å². The molecule has 4 fully saturated rings. The van der Waals surface area contributed by atoms with E-state index in [0.29, 0.717) is 0 Å². The van der Waals surface area contributed by atoms with E-state index in [1.165, 1.54) is 27.7 Å². The number of rotatable bonds is 23. The summed E-state index contributed by atoms with van der Waals surface area (Å²) < 4.78 is 109. The summed E-state index contributed by atoms with van der Waals surface area (Å²) in [6.07, 6.45) is -24.6. The summed E-state index contributed by atoms with van der Waals surface area (Å²) in [6, 6.07) is 0. The molecule has 354 valence electrons. The van der Waals surface area contributed by atoms with E-state index in [-0.39, 0.29) is 37.0 Å². The maximum Gasteiger partial charge on any atom is 0.397 e. The van der Waals surface area contributed by atoms with Crippen LogP contribution in [0.1, 0.15) is 27.7 Å². The van der Waals surface area contributed by atoms with Gasteiger partial charge in [0, 0.05) is 17.8 Å². The average Bonchev–Trinajstić information content (AvgIpc) is 3.19. The molecular weight excluding hydrogens is 917 g/mol. The molecule has 0 bridgehead atoms. The zero-order chi connectivity index (χ0) is 44.3. The van der Waals surface area contributed by atoms with Crippen LogP contribution in [0.4, 0.5) is 0 Å². The molecule has 4 aliphatic rings. The third kappa shape index (κ3) is 14.2. The van der Waals surface area contributed by atoms with Crippen molar-refractivity contribution < 1.29 is 137 Å². The van der Waals surface area contributed by atoms with E-state index < -0.39 is 152 Å². The predicted octanol–water partition coefficient (Wildman–Crippen LogP) is -2.04. The SMILES string of the molecule is CC1O[C@@H](OC[C@@H]2C(OSOOO)[C@H](OC[C@@H]3C(C)O[C@@H](OC[C@@H]4C(OSOOO)[C@H](O)OC(C)[C@H]4O)C(OSOOO)[C@H]3OS(=O)(=O)O)OC(C)[C@H]2O)C(O)[C@@H](O)[C@@H]1O. The Kier molecular flexibility index (Phi) is 21.9. The molecule has 0 saturated carbocycles. The lowest BCUT2D eigenvalue weighted by Crippen LogP contribution is -2.61. The molecule has 29 nitrogen and oxygen atoms in total. The summed E-state index contributed by atoms with van der Waals surface area (Å²) in [5.41, 5.74) is 0. The van der Waals surface area contributed by atoms with Gasteiger partial charge in [0.25, 0.3) is 0 Å². The molecule has 4 aliphatic heterocycles. The van der Waals surface area contributed by atoms with Gasteiger partial charge >= 0.3 is 10.4 Å². The van der Waals surface area contributed by atoms with Gasteiger partial charge in [-0.05, 0) is 27.7 Å². The van der Waals surface area contributed by atoms with Crippen LogP contribution in [0, 0.1) is 17.8 Å². The molecule has 0 spiro atoms. The van der Waals surface area contributed by atoms with Crippen molar-refractivity contribution in [2.75, 3.05) is 19.8 Å². The molecule has 4 rings (SSSR count). The number of aliphatic hydroxyl groups is 6. The summed E-state index contributed by atoms with van der Waals surface area (Å²) in [5.74, 6) is -3.59. The lowest BCUT2D eigenvalue weighted by atomic mass is 9.88. The fourth-order valence-electron chi connectivity index (χ4n) is 6.78. The lowest BCUT2D eigenvalue weighted by molar-refractivity contribution is -0.435. The van der Waals surface area contributed by atoms with E-state index in [4.69, 9.17) is 65.7 Å². The van der Waals surface area contributed by atoms with Crippen molar-refractivity contribution in [3.8, 4) is 0 Å². The maximum atomic E-state index is 12.3. The summed E-state index contributed by atoms with van der Waals surface area (Å²) >= 11 is 0.0655. The highest BCUT2D eigenvalue weighted by atomic mass is 32.3. The predicted molar refractivity (Wildman–Crippen MR) is 186 cm³/mol. The molecule has 0 aromatic rings. The highest BCUT2D eigenvalue weighted by molar-refractivity contribution is 7.90. The molecule has 0 radical (unpaired) electrons. The van der Waals surface area contributed by atoms with Crippen LogP contribution in [0.2, 0.25) is 0 Å². The minimum atomic E-state index is -5.34. The normalized spacial score (nSPS) is 43.0. The Morgan fingerprint density at radius 1 is 0.483 bits per heavy atom. The van der Waals surface area contributed by atoms with E-state index in [1.54, 1.807) is 0 Å². The van der Waals surface area contributed by atoms with Crippen molar-refractivity contribution >= 4 is 47.4 Å². The molecule has 0 aliphatic carbocycles. The summed E-state index contributed by atoms with van der Waals surface area (Å²) in [5, 5.41) is 99.7. The fraction of sp³-hybridized carbons (Fsp3) is 1.00. The Balaban J connectivity index is 1.57. The van der Waals surface area contributed by atoms with Crippen LogP contribution in [0.25, 0.3) is 0 Å². The first kappa shape index (κ1) is 52.5. The molecule has 0 amide bonds. The standard InChI is InChI=1S/C27H48O29S4/c1-8-12(5-41-26-22(48-58-55-52-35)14(16(29)10(3)46-26)7-40-25-19(32)18(31)17(30)11(4)45-25)20(50-60(37,38)39)23(49-59-56-53-36)27(44-8)42-6-13-15(28)9(2)43-24(33)21(13)47-57-54-51-34/h8-36H,5-7H2,1-4H3,(H,37,38,39)/t8?,9?,10?,11?,12-,13+,14+,15-,16-,17-,18+,19?,20+,21?,22?,23?,24-,25-,26-,27-/m1/s1. The van der Waals surface area contributed by atoms with Crippen molar-refractivity contribution in [3.63, 3.8) is 0 Å². The summed E-state index contributed by atoms with van der Waals surface area (Å²) in [6.45, 7) is 4.05. The molecular formula is C27H48O29S4. The molecule has 4 heterocycles. The van der Waals surface area contributed by atoms with Crippen LogP contribution in [-0.4, -0.2) is 184 Å². The number of hydrogen-bond donors (Lipinski definition) is 10. The van der Waals surface area contributed by atoms with Gasteiger partial charge in [-0.15, -0.1) is 13.0 Å². The first-order valence-corrected chi connectivity index (χ1v) is 20.9. The average molecular weight is 965 g/mol. The van der Waals surface area contributed by atoms with Gasteiger partial charge in [-0.2, -0.15) is 8.42 Å². The second-order valence-electron chi connectivity index (χ2n) is 13.6. The maximum absolute atomic E-state index is 12.3. The molecule has 60 heavy (non-hydrogen) atoms. The van der Waals surface area contributed by atoms with Gasteiger partial charge in [-0.1, -0.05) is 15.1 Å². The Hall–Kier alpha value is -0.0800. The van der Waals surface area contributed by atoms with Crippen molar-refractivity contribution in [1.82, 2.24) is 0 Å². The number of ether oxygens (including phenoxy) is 7. The second-order valence-corrected chi connectivity index (χ2v) is 16.0. The van der Waals surface area contributed by atoms with Crippen LogP contribution in [0.15, 0.2) is 0 Å². The van der Waals surface area contributed by atoms with E-state index in [9.17, 15) is 43.6 Å². The molecule has 20 atom stereocenters. The zero-order valence-corrected chi connectivity index (χ0v) is 34.8. The van der Waals surface area contributed by atoms with Gasteiger partial charge in [0.2, 0.25) is 0 Å². The van der Waals surface area contributed by atoms with Crippen molar-refractivity contribution in [2.24, 2.45) is 17.8 Å². The molecule has 4 saturated heterocycles. The first-order chi connectivity index (χ1) is 28.4. The van der Waals surface area contributed by atoms with Gasteiger partial charge in [-0.3, -0.25) is 17.1 Å². The van der Waals surface area contributed by atoms with E-state index >= 15 is 0 Å². The van der Waals surface area contributed by atoms with Gasteiger partial charge in [-0.25, -0.2) is 20.0 Å². The smallest absolute Gasteiger partial charge is 0.390 e. The van der Waals surface area contributed by atoms with Crippen LogP contribution in [-0.2, 0) is 88.4 Å². The number of hydrogen-bond acceptors (Lipinski definition) is 31. The Morgan fingerprint density at radius 2 is 0.900 bits per heavy atom. The second kappa shape index (κ2) is 25.0. The van der Waals surface area contributed by atoms with Crippen LogP contribution >= 0.6 is 37.0 Å². The number of aliphatic hydroxyl groups excluding tert-OH is 6. The lowest BCUT2D eigenvalue weighted by Gasteiger charge is -2.46. The molecule has 0 aromatic carbocycles. The van der Waals surface area contributed by atoms with Gasteiger partial charge in [0.15, 0.2) is 68.2 Å². The molecule has 8 unspecified atom stereocenters. The minimum absolute atomic E-state index is 0.0633. The Bertz CT molecular complexity index is 1350. The van der Waals surface area contributed by atoms with E-state index in [0.717, 1.165) is 0 Å². The van der Waals surface area contributed by atoms with Gasteiger partial charge in [0.1, 0.15) is 36.6 Å². The van der Waals surface area contributed by atoms with Crippen molar-refractivity contribution in [3.05, 3.63) is 0 Å². The molecule has 33 heteroatoms. The topological polar surface area (TPSA) is 393 Å². The Morgan fingerprint density at radius 3 is 1.45 bits per heavy atom. The van der Waals surface area contributed by atoms with Crippen molar-refractivity contribution in [1.29, 1.82) is 0 Å². The third-order valence-electron chi connectivity index (χ3n) is 9.93. The highest BCUT2D eigenvalue weighted by Gasteiger charge is 2.53. The highest BCUT2D eigenvalue weighted by Crippen LogP contribution is 2.39. The monoisotopic (exact) mass is 964 g/mol. The van der Waals surface area contributed by atoms with Gasteiger partial charge < -0.3 is 63.8 Å². The quantitative estimate of drug-likeness (QED) is 0.0173. The Labute approximate surface area is 353 Å². The molecule has 10 N–H and O–H groups in total. The van der Waals surface area contributed by atoms with Crippen LogP contribution in [0.5, 0.6) is 0 Å². The fourth-order valence-corrected chi connectivity index (χ4v) is 8.43. The molecule has 0 aromatic heterocycles. The van der Waals surface area contributed by atoms with E-state index in [1.807, 2.05) is 0 Å². The summed E-state index contributed by atoms with van der Waals surface area (Å²) in [7, 11) is -5.34. The van der Waals surface area contributed by atoms with Gasteiger partial charge in [0.05, 0.1) is 56.4 Å². The van der Waals surface area contributed by atoms with Crippen LogP contribution in [0.3, 0.4) is 0 Å². The zero-order valence-electron chi connectivity index (χ0n) is 31.5. The third-order valence-corrected chi connectivity index (χ3v) is 11.6. The largest absolute Gasteiger partial charge is 0.397 e. The minimum Gasteiger partial charge on any atom is -0.390 e. The van der Waals surface area contributed by atoms with Crippen LogP contribution < -0.4 is 0 Å².